The van der Waals surface area contributed by atoms with Crippen molar-refractivity contribution in [1.29, 1.82) is 0 Å². The van der Waals surface area contributed by atoms with Crippen LogP contribution in [-0.4, -0.2) is 33.9 Å². The zero-order valence-electron chi connectivity index (χ0n) is 14.0. The van der Waals surface area contributed by atoms with E-state index in [-0.39, 0.29) is 12.5 Å². The molecule has 2 N–H and O–H groups in total. The first-order chi connectivity index (χ1) is 11.5. The van der Waals surface area contributed by atoms with Gasteiger partial charge in [0.05, 0.1) is 16.8 Å². The summed E-state index contributed by atoms with van der Waals surface area (Å²) < 4.78 is 31.8. The van der Waals surface area contributed by atoms with E-state index in [0.29, 0.717) is 11.5 Å². The molecule has 1 aliphatic carbocycles. The molecular formula is C19H23NO3S. The first-order valence-corrected chi connectivity index (χ1v) is 9.56. The second-order valence-corrected chi connectivity index (χ2v) is 8.61. The van der Waals surface area contributed by atoms with Gasteiger partial charge in [-0.1, -0.05) is 48.0 Å². The molecule has 128 valence electrons. The third kappa shape index (κ3) is 2.66. The second-order valence-electron chi connectivity index (χ2n) is 6.54. The number of benzene rings is 2. The SMILES string of the molecule is COC[C@]1(CN)[C@@H](c2ccccc2)[C@@H]1S(=O)(=O)c1ccc(C)cc1. The lowest BCUT2D eigenvalue weighted by Gasteiger charge is -2.15. The predicted octanol–water partition coefficient (Wildman–Crippen LogP) is 2.53. The molecule has 0 unspecified atom stereocenters. The fraction of sp³-hybridized carbons (Fsp3) is 0.368. The van der Waals surface area contributed by atoms with Crippen molar-refractivity contribution in [3.63, 3.8) is 0 Å². The summed E-state index contributed by atoms with van der Waals surface area (Å²) in [5.41, 5.74) is 7.49. The number of nitrogens with two attached hydrogens (primary N) is 1. The summed E-state index contributed by atoms with van der Waals surface area (Å²) in [7, 11) is -1.89. The van der Waals surface area contributed by atoms with Gasteiger partial charge in [0.2, 0.25) is 0 Å². The van der Waals surface area contributed by atoms with Crippen molar-refractivity contribution in [2.45, 2.75) is 23.0 Å². The lowest BCUT2D eigenvalue weighted by atomic mass is 10.0. The van der Waals surface area contributed by atoms with Crippen LogP contribution in [0.3, 0.4) is 0 Å². The monoisotopic (exact) mass is 345 g/mol. The van der Waals surface area contributed by atoms with E-state index in [1.54, 1.807) is 19.2 Å². The number of rotatable bonds is 6. The minimum absolute atomic E-state index is 0.144. The maximum Gasteiger partial charge on any atom is 0.182 e. The number of hydrogen-bond acceptors (Lipinski definition) is 4. The molecule has 0 aliphatic heterocycles. The fourth-order valence-corrected chi connectivity index (χ4v) is 6.17. The van der Waals surface area contributed by atoms with Crippen LogP contribution in [0, 0.1) is 12.3 Å². The molecule has 2 aromatic rings. The van der Waals surface area contributed by atoms with Gasteiger partial charge in [0.15, 0.2) is 9.84 Å². The molecule has 0 bridgehead atoms. The summed E-state index contributed by atoms with van der Waals surface area (Å²) in [4.78, 5) is 0.352. The molecule has 2 aromatic carbocycles. The topological polar surface area (TPSA) is 69.4 Å². The predicted molar refractivity (Wildman–Crippen MR) is 94.7 cm³/mol. The molecule has 0 aromatic heterocycles. The minimum atomic E-state index is -3.48. The molecule has 0 amide bonds. The standard InChI is InChI=1S/C19H23NO3S/c1-14-8-10-16(11-9-14)24(21,22)18-17(15-6-4-3-5-7-15)19(18,12-20)13-23-2/h3-11,17-18H,12-13,20H2,1-2H3/t17-,18-,19+/m0/s1. The minimum Gasteiger partial charge on any atom is -0.384 e. The van der Waals surface area contributed by atoms with Crippen LogP contribution in [0.4, 0.5) is 0 Å². The Balaban J connectivity index is 2.05. The highest BCUT2D eigenvalue weighted by atomic mass is 32.2. The van der Waals surface area contributed by atoms with Gasteiger partial charge in [0.1, 0.15) is 0 Å². The number of methoxy groups -OCH3 is 1. The Morgan fingerprint density at radius 3 is 2.25 bits per heavy atom. The molecule has 1 fully saturated rings. The van der Waals surface area contributed by atoms with Crippen LogP contribution in [-0.2, 0) is 14.6 Å². The molecule has 5 heteroatoms. The Labute approximate surface area is 143 Å². The highest BCUT2D eigenvalue weighted by Crippen LogP contribution is 2.63. The van der Waals surface area contributed by atoms with Gasteiger partial charge in [0, 0.05) is 25.0 Å². The lowest BCUT2D eigenvalue weighted by Crippen LogP contribution is -2.28. The quantitative estimate of drug-likeness (QED) is 0.873. The van der Waals surface area contributed by atoms with Gasteiger partial charge in [-0.25, -0.2) is 8.42 Å². The molecule has 3 atom stereocenters. The maximum atomic E-state index is 13.2. The largest absolute Gasteiger partial charge is 0.384 e. The van der Waals surface area contributed by atoms with Crippen LogP contribution >= 0.6 is 0 Å². The van der Waals surface area contributed by atoms with Crippen LogP contribution in [0.2, 0.25) is 0 Å². The van der Waals surface area contributed by atoms with E-state index < -0.39 is 20.5 Å². The molecule has 0 radical (unpaired) electrons. The molecule has 1 aliphatic rings. The fourth-order valence-electron chi connectivity index (χ4n) is 3.73. The average molecular weight is 345 g/mol. The second kappa shape index (κ2) is 6.31. The molecular weight excluding hydrogens is 322 g/mol. The first kappa shape index (κ1) is 17.1. The Morgan fingerprint density at radius 1 is 1.08 bits per heavy atom. The van der Waals surface area contributed by atoms with Crippen molar-refractivity contribution in [3.8, 4) is 0 Å². The van der Waals surface area contributed by atoms with E-state index in [2.05, 4.69) is 0 Å². The summed E-state index contributed by atoms with van der Waals surface area (Å²) in [6.07, 6.45) is 0. The van der Waals surface area contributed by atoms with E-state index in [0.717, 1.165) is 11.1 Å². The van der Waals surface area contributed by atoms with Crippen LogP contribution in [0.5, 0.6) is 0 Å². The van der Waals surface area contributed by atoms with Gasteiger partial charge >= 0.3 is 0 Å². The van der Waals surface area contributed by atoms with Gasteiger partial charge in [-0.05, 0) is 24.6 Å². The Bertz CT molecular complexity index is 802. The highest BCUT2D eigenvalue weighted by molar-refractivity contribution is 7.92. The smallest absolute Gasteiger partial charge is 0.182 e. The third-order valence-corrected chi connectivity index (χ3v) is 7.35. The van der Waals surface area contributed by atoms with Crippen LogP contribution in [0.25, 0.3) is 0 Å². The van der Waals surface area contributed by atoms with Crippen molar-refractivity contribution < 1.29 is 13.2 Å². The maximum absolute atomic E-state index is 13.2. The van der Waals surface area contributed by atoms with Crippen molar-refractivity contribution in [2.24, 2.45) is 11.1 Å². The normalized spacial score (nSPS) is 26.3. The summed E-state index contributed by atoms with van der Waals surface area (Å²) in [6.45, 7) is 2.55. The van der Waals surface area contributed by atoms with Gasteiger partial charge in [-0.3, -0.25) is 0 Å². The number of aryl methyl sites for hydroxylation is 1. The Kier molecular flexibility index (Phi) is 4.51. The van der Waals surface area contributed by atoms with Crippen LogP contribution in [0.1, 0.15) is 17.0 Å². The molecule has 0 spiro atoms. The molecule has 3 rings (SSSR count). The van der Waals surface area contributed by atoms with Gasteiger partial charge in [-0.2, -0.15) is 0 Å². The Morgan fingerprint density at radius 2 is 1.71 bits per heavy atom. The highest BCUT2D eigenvalue weighted by Gasteiger charge is 2.70. The zero-order valence-corrected chi connectivity index (χ0v) is 14.8. The summed E-state index contributed by atoms with van der Waals surface area (Å²) >= 11 is 0. The molecule has 0 heterocycles. The van der Waals surface area contributed by atoms with Crippen molar-refractivity contribution in [3.05, 3.63) is 65.7 Å². The van der Waals surface area contributed by atoms with E-state index in [4.69, 9.17) is 10.5 Å². The van der Waals surface area contributed by atoms with Crippen molar-refractivity contribution in [1.82, 2.24) is 0 Å². The number of hydrogen-bond donors (Lipinski definition) is 1. The van der Waals surface area contributed by atoms with Gasteiger partial charge < -0.3 is 10.5 Å². The summed E-state index contributed by atoms with van der Waals surface area (Å²) in [5, 5.41) is -0.556. The third-order valence-electron chi connectivity index (χ3n) is 5.02. The lowest BCUT2D eigenvalue weighted by molar-refractivity contribution is 0.142. The van der Waals surface area contributed by atoms with E-state index >= 15 is 0 Å². The van der Waals surface area contributed by atoms with Crippen LogP contribution < -0.4 is 5.73 Å². The van der Waals surface area contributed by atoms with E-state index in [1.165, 1.54) is 0 Å². The molecule has 1 saturated carbocycles. The number of ether oxygens (including phenoxy) is 1. The summed E-state index contributed by atoms with van der Waals surface area (Å²) in [6, 6.07) is 16.7. The summed E-state index contributed by atoms with van der Waals surface area (Å²) in [5.74, 6) is -0.144. The molecule has 0 saturated heterocycles. The van der Waals surface area contributed by atoms with E-state index in [1.807, 2.05) is 49.4 Å². The average Bonchev–Trinajstić information content (AvgIpc) is 3.26. The number of sulfone groups is 1. The van der Waals surface area contributed by atoms with Crippen molar-refractivity contribution >= 4 is 9.84 Å². The zero-order chi connectivity index (χ0) is 17.4. The Hall–Kier alpha value is -1.69. The van der Waals surface area contributed by atoms with Crippen molar-refractivity contribution in [2.75, 3.05) is 20.3 Å². The molecule has 24 heavy (non-hydrogen) atoms. The molecule has 4 nitrogen and oxygen atoms in total. The first-order valence-electron chi connectivity index (χ1n) is 8.02. The van der Waals surface area contributed by atoms with E-state index in [9.17, 15) is 8.42 Å². The van der Waals surface area contributed by atoms with Gasteiger partial charge in [0.25, 0.3) is 0 Å². The van der Waals surface area contributed by atoms with Gasteiger partial charge in [-0.15, -0.1) is 0 Å². The van der Waals surface area contributed by atoms with Crippen LogP contribution in [0.15, 0.2) is 59.5 Å².